The van der Waals surface area contributed by atoms with Crippen LogP contribution in [-0.2, 0) is 0 Å². The van der Waals surface area contributed by atoms with E-state index in [2.05, 4.69) is 40.4 Å². The molecule has 0 heterocycles. The van der Waals surface area contributed by atoms with Crippen LogP contribution in [0.15, 0.2) is 46.9 Å². The summed E-state index contributed by atoms with van der Waals surface area (Å²) in [4.78, 5) is 12.6. The molecule has 0 aliphatic rings. The second-order valence-electron chi connectivity index (χ2n) is 6.45. The van der Waals surface area contributed by atoms with Crippen molar-refractivity contribution in [3.05, 3.63) is 58.1 Å². The molecule has 2 aromatic carbocycles. The van der Waals surface area contributed by atoms with E-state index in [0.29, 0.717) is 23.8 Å². The smallest absolute Gasteiger partial charge is 0.261 e. The Morgan fingerprint density at radius 2 is 1.88 bits per heavy atom. The monoisotopic (exact) mass is 434 g/mol. The van der Waals surface area contributed by atoms with Crippen molar-refractivity contribution in [2.24, 2.45) is 5.92 Å². The quantitative estimate of drug-likeness (QED) is 0.604. The van der Waals surface area contributed by atoms with E-state index in [9.17, 15) is 4.79 Å². The summed E-state index contributed by atoms with van der Waals surface area (Å²) in [6.07, 6.45) is 0.921. The lowest BCUT2D eigenvalue weighted by molar-refractivity contribution is 0.0973. The van der Waals surface area contributed by atoms with Crippen LogP contribution in [0.25, 0.3) is 0 Å². The third-order valence-corrected chi connectivity index (χ3v) is 4.37. The molecule has 2 N–H and O–H groups in total. The molecule has 4 nitrogen and oxygen atoms in total. The van der Waals surface area contributed by atoms with Crippen LogP contribution in [-0.4, -0.2) is 17.6 Å². The first kappa shape index (κ1) is 20.4. The molecule has 138 valence electrons. The van der Waals surface area contributed by atoms with E-state index < -0.39 is 0 Å². The first-order valence-corrected chi connectivity index (χ1v) is 9.66. The molecule has 2 aromatic rings. The van der Waals surface area contributed by atoms with Crippen molar-refractivity contribution in [3.8, 4) is 5.75 Å². The number of rotatable bonds is 6. The maximum atomic E-state index is 12.6. The fourth-order valence-electron chi connectivity index (χ4n) is 2.18. The largest absolute Gasteiger partial charge is 0.493 e. The van der Waals surface area contributed by atoms with Gasteiger partial charge in [-0.3, -0.25) is 10.1 Å². The number of carbonyl (C=O) groups is 1. The molecule has 0 radical (unpaired) electrons. The predicted octanol–water partition coefficient (Wildman–Crippen LogP) is 5.31. The lowest BCUT2D eigenvalue weighted by atomic mass is 10.1. The van der Waals surface area contributed by atoms with Gasteiger partial charge in [-0.1, -0.05) is 47.5 Å². The predicted molar refractivity (Wildman–Crippen MR) is 114 cm³/mol. The average molecular weight is 435 g/mol. The summed E-state index contributed by atoms with van der Waals surface area (Å²) < 4.78 is 6.59. The highest BCUT2D eigenvalue weighted by Gasteiger charge is 2.15. The van der Waals surface area contributed by atoms with E-state index in [1.54, 1.807) is 12.1 Å². The molecule has 0 saturated heterocycles. The summed E-state index contributed by atoms with van der Waals surface area (Å²) in [7, 11) is 0. The summed E-state index contributed by atoms with van der Waals surface area (Å²) in [5.41, 5.74) is 2.42. The molecule has 0 atom stereocenters. The number of thiocarbonyl (C=S) groups is 1. The topological polar surface area (TPSA) is 50.4 Å². The van der Waals surface area contributed by atoms with Crippen molar-refractivity contribution in [2.45, 2.75) is 27.2 Å². The van der Waals surface area contributed by atoms with E-state index in [4.69, 9.17) is 17.0 Å². The van der Waals surface area contributed by atoms with Crippen LogP contribution >= 0.6 is 28.1 Å². The summed E-state index contributed by atoms with van der Waals surface area (Å²) >= 11 is 8.65. The number of benzene rings is 2. The van der Waals surface area contributed by atoms with Crippen molar-refractivity contribution in [3.63, 3.8) is 0 Å². The highest BCUT2D eigenvalue weighted by molar-refractivity contribution is 9.10. The van der Waals surface area contributed by atoms with Gasteiger partial charge in [0.15, 0.2) is 5.11 Å². The zero-order chi connectivity index (χ0) is 19.1. The molecule has 1 amide bonds. The van der Waals surface area contributed by atoms with Crippen LogP contribution in [0.1, 0.15) is 36.2 Å². The Bertz CT molecular complexity index is 776. The fourth-order valence-corrected chi connectivity index (χ4v) is 2.75. The van der Waals surface area contributed by atoms with Crippen molar-refractivity contribution in [2.75, 3.05) is 11.9 Å². The lowest BCUT2D eigenvalue weighted by Crippen LogP contribution is -2.34. The maximum absolute atomic E-state index is 12.6. The summed E-state index contributed by atoms with van der Waals surface area (Å²) in [5.74, 6) is 0.772. The Morgan fingerprint density at radius 3 is 2.54 bits per heavy atom. The maximum Gasteiger partial charge on any atom is 0.261 e. The Morgan fingerprint density at radius 1 is 1.19 bits per heavy atom. The normalized spacial score (nSPS) is 10.5. The minimum absolute atomic E-state index is 0.243. The number of amides is 1. The molecule has 0 aliphatic heterocycles. The molecule has 2 rings (SSSR count). The zero-order valence-electron chi connectivity index (χ0n) is 15.1. The van der Waals surface area contributed by atoms with Crippen LogP contribution in [0.5, 0.6) is 5.75 Å². The van der Waals surface area contributed by atoms with Gasteiger partial charge in [0.25, 0.3) is 5.91 Å². The minimum atomic E-state index is -0.310. The molecule has 0 spiro atoms. The van der Waals surface area contributed by atoms with E-state index in [-0.39, 0.29) is 11.0 Å². The molecule has 0 bridgehead atoms. The number of halogens is 1. The van der Waals surface area contributed by atoms with Crippen LogP contribution in [0, 0.1) is 12.8 Å². The van der Waals surface area contributed by atoms with Crippen molar-refractivity contribution in [1.82, 2.24) is 5.32 Å². The Kier molecular flexibility index (Phi) is 7.60. The molecular weight excluding hydrogens is 412 g/mol. The number of carbonyl (C=O) groups excluding carboxylic acids is 1. The van der Waals surface area contributed by atoms with E-state index >= 15 is 0 Å². The number of aryl methyl sites for hydroxylation is 1. The highest BCUT2D eigenvalue weighted by Crippen LogP contribution is 2.24. The standard InChI is InChI=1S/C20H23BrN2O2S/c1-13(2)10-11-25-18-9-6-15(21)12-17(18)19(24)23-20(26)22-16-7-4-14(3)5-8-16/h4-9,12-13H,10-11H2,1-3H3,(H2,22,23,24,26). The van der Waals surface area contributed by atoms with Gasteiger partial charge >= 0.3 is 0 Å². The van der Waals surface area contributed by atoms with Gasteiger partial charge in [0.2, 0.25) is 0 Å². The van der Waals surface area contributed by atoms with Gasteiger partial charge in [-0.05, 0) is 61.8 Å². The van der Waals surface area contributed by atoms with E-state index in [1.807, 2.05) is 37.3 Å². The Hall–Kier alpha value is -1.92. The number of nitrogens with one attached hydrogen (secondary N) is 2. The van der Waals surface area contributed by atoms with Gasteiger partial charge in [0.05, 0.1) is 12.2 Å². The summed E-state index contributed by atoms with van der Waals surface area (Å²) in [6, 6.07) is 13.1. The van der Waals surface area contributed by atoms with Crippen molar-refractivity contribution in [1.29, 1.82) is 0 Å². The molecule has 0 unspecified atom stereocenters. The molecule has 0 saturated carbocycles. The van der Waals surface area contributed by atoms with E-state index in [1.165, 1.54) is 0 Å². The van der Waals surface area contributed by atoms with Crippen LogP contribution in [0.4, 0.5) is 5.69 Å². The number of ether oxygens (including phenoxy) is 1. The molecule has 6 heteroatoms. The van der Waals surface area contributed by atoms with Gasteiger partial charge in [-0.15, -0.1) is 0 Å². The number of hydrogen-bond donors (Lipinski definition) is 2. The van der Waals surface area contributed by atoms with Crippen LogP contribution < -0.4 is 15.4 Å². The van der Waals surface area contributed by atoms with Gasteiger partial charge in [0.1, 0.15) is 5.75 Å². The second kappa shape index (κ2) is 9.69. The first-order chi connectivity index (χ1) is 12.3. The van der Waals surface area contributed by atoms with E-state index in [0.717, 1.165) is 22.1 Å². The molecular formula is C20H23BrN2O2S. The second-order valence-corrected chi connectivity index (χ2v) is 7.77. The van der Waals surface area contributed by atoms with Gasteiger partial charge in [-0.2, -0.15) is 0 Å². The Balaban J connectivity index is 2.04. The van der Waals surface area contributed by atoms with Crippen LogP contribution in [0.3, 0.4) is 0 Å². The average Bonchev–Trinajstić information content (AvgIpc) is 2.57. The Labute approximate surface area is 168 Å². The molecule has 0 aliphatic carbocycles. The number of hydrogen-bond acceptors (Lipinski definition) is 3. The van der Waals surface area contributed by atoms with Gasteiger partial charge in [-0.25, -0.2) is 0 Å². The van der Waals surface area contributed by atoms with Crippen molar-refractivity contribution >= 4 is 44.9 Å². The SMILES string of the molecule is Cc1ccc(NC(=S)NC(=O)c2cc(Br)ccc2OCCC(C)C)cc1. The molecule has 0 aromatic heterocycles. The number of anilines is 1. The fraction of sp³-hybridized carbons (Fsp3) is 0.300. The minimum Gasteiger partial charge on any atom is -0.493 e. The first-order valence-electron chi connectivity index (χ1n) is 8.46. The van der Waals surface area contributed by atoms with Crippen molar-refractivity contribution < 1.29 is 9.53 Å². The summed E-state index contributed by atoms with van der Waals surface area (Å²) in [5, 5.41) is 5.96. The third-order valence-electron chi connectivity index (χ3n) is 3.68. The molecule has 0 fully saturated rings. The zero-order valence-corrected chi connectivity index (χ0v) is 17.5. The third kappa shape index (κ3) is 6.42. The molecule has 26 heavy (non-hydrogen) atoms. The van der Waals surface area contributed by atoms with Gasteiger partial charge in [0, 0.05) is 10.2 Å². The highest BCUT2D eigenvalue weighted by atomic mass is 79.9. The summed E-state index contributed by atoms with van der Waals surface area (Å²) in [6.45, 7) is 6.84. The lowest BCUT2D eigenvalue weighted by Gasteiger charge is -2.14. The van der Waals surface area contributed by atoms with Gasteiger partial charge < -0.3 is 10.1 Å². The van der Waals surface area contributed by atoms with Crippen LogP contribution in [0.2, 0.25) is 0 Å².